The Hall–Kier alpha value is -1.55. The van der Waals surface area contributed by atoms with Crippen LogP contribution in [0, 0.1) is 6.92 Å². The Morgan fingerprint density at radius 1 is 1.35 bits per heavy atom. The van der Waals surface area contributed by atoms with Crippen LogP contribution in [0.1, 0.15) is 10.6 Å². The first-order valence-electron chi connectivity index (χ1n) is 5.57. The standard InChI is InChI=1S/C13H17N3S/c1-10-8-11(16(2)3)4-5-12(10)15-9-13-14-6-7-17-13/h4-8,15H,9H2,1-3H3. The summed E-state index contributed by atoms with van der Waals surface area (Å²) in [6, 6.07) is 6.43. The van der Waals surface area contributed by atoms with E-state index in [2.05, 4.69) is 54.4 Å². The number of aromatic nitrogens is 1. The van der Waals surface area contributed by atoms with E-state index in [1.807, 2.05) is 11.6 Å². The molecule has 0 bridgehead atoms. The normalized spacial score (nSPS) is 10.3. The Morgan fingerprint density at radius 3 is 2.76 bits per heavy atom. The van der Waals surface area contributed by atoms with Crippen LogP contribution in [0.25, 0.3) is 0 Å². The van der Waals surface area contributed by atoms with Gasteiger partial charge in [0.15, 0.2) is 0 Å². The molecule has 1 aromatic heterocycles. The molecule has 90 valence electrons. The smallest absolute Gasteiger partial charge is 0.112 e. The van der Waals surface area contributed by atoms with E-state index in [1.165, 1.54) is 16.9 Å². The average Bonchev–Trinajstić information content (AvgIpc) is 2.80. The molecule has 17 heavy (non-hydrogen) atoms. The van der Waals surface area contributed by atoms with E-state index in [4.69, 9.17) is 0 Å². The topological polar surface area (TPSA) is 28.2 Å². The number of nitrogens with zero attached hydrogens (tertiary/aromatic N) is 2. The van der Waals surface area contributed by atoms with E-state index in [1.54, 1.807) is 11.3 Å². The Bertz CT molecular complexity index is 477. The van der Waals surface area contributed by atoms with Crippen molar-refractivity contribution in [3.63, 3.8) is 0 Å². The van der Waals surface area contributed by atoms with Crippen molar-refractivity contribution in [1.82, 2.24) is 4.98 Å². The number of anilines is 2. The highest BCUT2D eigenvalue weighted by Gasteiger charge is 2.02. The molecule has 4 heteroatoms. The summed E-state index contributed by atoms with van der Waals surface area (Å²) >= 11 is 1.67. The summed E-state index contributed by atoms with van der Waals surface area (Å²) in [6.45, 7) is 2.91. The highest BCUT2D eigenvalue weighted by molar-refractivity contribution is 7.09. The van der Waals surface area contributed by atoms with E-state index in [0.29, 0.717) is 0 Å². The number of aryl methyl sites for hydroxylation is 1. The summed E-state index contributed by atoms with van der Waals surface area (Å²) in [6.07, 6.45) is 1.84. The first-order valence-corrected chi connectivity index (χ1v) is 6.45. The third kappa shape index (κ3) is 2.97. The van der Waals surface area contributed by atoms with Gasteiger partial charge in [0.05, 0.1) is 6.54 Å². The van der Waals surface area contributed by atoms with Crippen LogP contribution in [-0.2, 0) is 6.54 Å². The molecule has 0 unspecified atom stereocenters. The quantitative estimate of drug-likeness (QED) is 0.899. The molecule has 0 spiro atoms. The molecule has 0 saturated carbocycles. The lowest BCUT2D eigenvalue weighted by atomic mass is 10.1. The van der Waals surface area contributed by atoms with Crippen molar-refractivity contribution in [3.8, 4) is 0 Å². The van der Waals surface area contributed by atoms with E-state index >= 15 is 0 Å². The minimum absolute atomic E-state index is 0.791. The zero-order valence-electron chi connectivity index (χ0n) is 10.4. The van der Waals surface area contributed by atoms with Crippen LogP contribution >= 0.6 is 11.3 Å². The van der Waals surface area contributed by atoms with E-state index in [9.17, 15) is 0 Å². The minimum Gasteiger partial charge on any atom is -0.378 e. The summed E-state index contributed by atoms with van der Waals surface area (Å²) < 4.78 is 0. The van der Waals surface area contributed by atoms with Crippen molar-refractivity contribution in [3.05, 3.63) is 40.3 Å². The molecule has 0 fully saturated rings. The number of thiazole rings is 1. The maximum atomic E-state index is 4.25. The van der Waals surface area contributed by atoms with Gasteiger partial charge in [-0.25, -0.2) is 4.98 Å². The Balaban J connectivity index is 2.06. The third-order valence-electron chi connectivity index (χ3n) is 2.64. The maximum Gasteiger partial charge on any atom is 0.112 e. The lowest BCUT2D eigenvalue weighted by molar-refractivity contribution is 1.09. The summed E-state index contributed by atoms with van der Waals surface area (Å²) in [7, 11) is 4.11. The van der Waals surface area contributed by atoms with E-state index < -0.39 is 0 Å². The molecule has 2 rings (SSSR count). The van der Waals surface area contributed by atoms with E-state index in [0.717, 1.165) is 11.6 Å². The summed E-state index contributed by atoms with van der Waals surface area (Å²) in [5, 5.41) is 6.52. The summed E-state index contributed by atoms with van der Waals surface area (Å²) in [5.41, 5.74) is 3.65. The first-order chi connectivity index (χ1) is 8.16. The van der Waals surface area contributed by atoms with Crippen LogP contribution in [0.5, 0.6) is 0 Å². The minimum atomic E-state index is 0.791. The molecular formula is C13H17N3S. The van der Waals surface area contributed by atoms with Crippen LogP contribution in [0.3, 0.4) is 0 Å². The number of hydrogen-bond acceptors (Lipinski definition) is 4. The molecule has 0 aliphatic rings. The van der Waals surface area contributed by atoms with E-state index in [-0.39, 0.29) is 0 Å². The summed E-state index contributed by atoms with van der Waals surface area (Å²) in [5.74, 6) is 0. The van der Waals surface area contributed by atoms with Gasteiger partial charge < -0.3 is 10.2 Å². The van der Waals surface area contributed by atoms with Gasteiger partial charge in [-0.2, -0.15) is 0 Å². The fourth-order valence-corrected chi connectivity index (χ4v) is 2.19. The van der Waals surface area contributed by atoms with Gasteiger partial charge >= 0.3 is 0 Å². The van der Waals surface area contributed by atoms with Gasteiger partial charge in [0, 0.05) is 37.0 Å². The number of benzene rings is 1. The number of hydrogen-bond donors (Lipinski definition) is 1. The molecule has 0 amide bonds. The van der Waals surface area contributed by atoms with Crippen molar-refractivity contribution in [2.24, 2.45) is 0 Å². The number of nitrogens with one attached hydrogen (secondary N) is 1. The third-order valence-corrected chi connectivity index (χ3v) is 3.42. The van der Waals surface area contributed by atoms with Crippen LogP contribution in [-0.4, -0.2) is 19.1 Å². The molecule has 0 atom stereocenters. The van der Waals surface area contributed by atoms with Gasteiger partial charge in [0.2, 0.25) is 0 Å². The largest absolute Gasteiger partial charge is 0.378 e. The Labute approximate surface area is 106 Å². The van der Waals surface area contributed by atoms with Crippen molar-refractivity contribution < 1.29 is 0 Å². The predicted molar refractivity (Wildman–Crippen MR) is 74.9 cm³/mol. The van der Waals surface area contributed by atoms with Gasteiger partial charge in [-0.3, -0.25) is 0 Å². The lowest BCUT2D eigenvalue weighted by Crippen LogP contribution is -2.09. The highest BCUT2D eigenvalue weighted by Crippen LogP contribution is 2.22. The van der Waals surface area contributed by atoms with Gasteiger partial charge in [-0.05, 0) is 30.7 Å². The van der Waals surface area contributed by atoms with Crippen LogP contribution in [0.2, 0.25) is 0 Å². The van der Waals surface area contributed by atoms with Crippen LogP contribution in [0.4, 0.5) is 11.4 Å². The second-order valence-electron chi connectivity index (χ2n) is 4.17. The Morgan fingerprint density at radius 2 is 2.18 bits per heavy atom. The fourth-order valence-electron chi connectivity index (χ4n) is 1.64. The predicted octanol–water partition coefficient (Wildman–Crippen LogP) is 3.13. The molecule has 1 heterocycles. The number of rotatable bonds is 4. The molecule has 1 aromatic carbocycles. The zero-order chi connectivity index (χ0) is 12.3. The average molecular weight is 247 g/mol. The monoisotopic (exact) mass is 247 g/mol. The van der Waals surface area contributed by atoms with Gasteiger partial charge in [0.1, 0.15) is 5.01 Å². The van der Waals surface area contributed by atoms with Crippen molar-refractivity contribution in [2.75, 3.05) is 24.3 Å². The highest BCUT2D eigenvalue weighted by atomic mass is 32.1. The lowest BCUT2D eigenvalue weighted by Gasteiger charge is -2.15. The molecule has 0 aliphatic carbocycles. The molecule has 1 N–H and O–H groups in total. The van der Waals surface area contributed by atoms with Gasteiger partial charge in [-0.15, -0.1) is 11.3 Å². The van der Waals surface area contributed by atoms with Crippen molar-refractivity contribution >= 4 is 22.7 Å². The molecule has 0 saturated heterocycles. The molecule has 0 radical (unpaired) electrons. The van der Waals surface area contributed by atoms with Gasteiger partial charge in [0.25, 0.3) is 0 Å². The van der Waals surface area contributed by atoms with Crippen LogP contribution in [0.15, 0.2) is 29.8 Å². The summed E-state index contributed by atoms with van der Waals surface area (Å²) in [4.78, 5) is 6.36. The second kappa shape index (κ2) is 5.19. The molecule has 0 aliphatic heterocycles. The van der Waals surface area contributed by atoms with Gasteiger partial charge in [-0.1, -0.05) is 0 Å². The maximum absolute atomic E-state index is 4.25. The molecule has 3 nitrogen and oxygen atoms in total. The first kappa shape index (κ1) is 11.9. The van der Waals surface area contributed by atoms with Crippen molar-refractivity contribution in [1.29, 1.82) is 0 Å². The second-order valence-corrected chi connectivity index (χ2v) is 5.15. The zero-order valence-corrected chi connectivity index (χ0v) is 11.2. The fraction of sp³-hybridized carbons (Fsp3) is 0.308. The molecule has 2 aromatic rings. The van der Waals surface area contributed by atoms with Crippen LogP contribution < -0.4 is 10.2 Å². The molecular weight excluding hydrogens is 230 g/mol. The Kier molecular flexibility index (Phi) is 3.64. The van der Waals surface area contributed by atoms with Crippen molar-refractivity contribution in [2.45, 2.75) is 13.5 Å². The SMILES string of the molecule is Cc1cc(N(C)C)ccc1NCc1nccs1.